The zero-order valence-electron chi connectivity index (χ0n) is 18.8. The third-order valence-corrected chi connectivity index (χ3v) is 7.12. The maximum Gasteiger partial charge on any atom is 0.255 e. The zero-order chi connectivity index (χ0) is 24.1. The Labute approximate surface area is 205 Å². The summed E-state index contributed by atoms with van der Waals surface area (Å²) < 4.78 is 30.8. The number of hydrogen-bond donors (Lipinski definition) is 1. The van der Waals surface area contributed by atoms with E-state index in [2.05, 4.69) is 10.2 Å². The Kier molecular flexibility index (Phi) is 7.53. The first-order valence-corrected chi connectivity index (χ1v) is 13.1. The summed E-state index contributed by atoms with van der Waals surface area (Å²) in [6, 6.07) is 21.8. The number of nitrogens with zero attached hydrogens (tertiary/aromatic N) is 2. The zero-order valence-corrected chi connectivity index (χ0v) is 20.3. The molecule has 1 fully saturated rings. The van der Waals surface area contributed by atoms with E-state index in [1.165, 1.54) is 10.6 Å². The van der Waals surface area contributed by atoms with Crippen LogP contribution in [0.15, 0.2) is 72.8 Å². The van der Waals surface area contributed by atoms with Crippen LogP contribution in [0.25, 0.3) is 0 Å². The minimum Gasteiger partial charge on any atom is -0.455 e. The van der Waals surface area contributed by atoms with Crippen molar-refractivity contribution in [2.75, 3.05) is 37.8 Å². The van der Waals surface area contributed by atoms with Gasteiger partial charge in [-0.3, -0.25) is 9.69 Å². The van der Waals surface area contributed by atoms with Gasteiger partial charge in [0.1, 0.15) is 5.75 Å². The highest BCUT2D eigenvalue weighted by atomic mass is 35.5. The maximum atomic E-state index is 12.9. The van der Waals surface area contributed by atoms with Crippen molar-refractivity contribution in [3.05, 3.63) is 88.9 Å². The molecule has 1 amide bonds. The van der Waals surface area contributed by atoms with Crippen LogP contribution in [0.4, 0.5) is 5.69 Å². The number of hydrogen-bond acceptors (Lipinski definition) is 5. The predicted octanol–water partition coefficient (Wildman–Crippen LogP) is 4.46. The van der Waals surface area contributed by atoms with Crippen LogP contribution in [0.2, 0.25) is 5.02 Å². The Bertz CT molecular complexity index is 1240. The maximum absolute atomic E-state index is 12.9. The molecule has 9 heteroatoms. The van der Waals surface area contributed by atoms with Gasteiger partial charge in [-0.15, -0.1) is 0 Å². The Balaban J connectivity index is 1.39. The van der Waals surface area contributed by atoms with E-state index in [9.17, 15) is 13.2 Å². The topological polar surface area (TPSA) is 79.0 Å². The Morgan fingerprint density at radius 3 is 2.29 bits per heavy atom. The molecule has 0 radical (unpaired) electrons. The average Bonchev–Trinajstić information content (AvgIpc) is 2.82. The number of ether oxygens (including phenoxy) is 1. The van der Waals surface area contributed by atoms with Crippen molar-refractivity contribution >= 4 is 33.2 Å². The largest absolute Gasteiger partial charge is 0.455 e. The molecule has 0 atom stereocenters. The van der Waals surface area contributed by atoms with E-state index in [1.807, 2.05) is 42.5 Å². The number of benzene rings is 3. The molecule has 1 aliphatic heterocycles. The van der Waals surface area contributed by atoms with Gasteiger partial charge in [-0.2, -0.15) is 4.31 Å². The smallest absolute Gasteiger partial charge is 0.255 e. The standard InChI is InChI=1S/C25H26ClN3O4S/c1-34(31,32)29-15-13-28(14-16-29)18-19-7-9-20(10-8-19)25(30)27-23-17-21(26)11-12-24(23)33-22-5-3-2-4-6-22/h2-12,17H,13-16,18H2,1H3,(H,27,30). The van der Waals surface area contributed by atoms with E-state index in [0.29, 0.717) is 60.5 Å². The minimum absolute atomic E-state index is 0.270. The number of para-hydroxylation sites is 1. The van der Waals surface area contributed by atoms with Crippen LogP contribution in [0.1, 0.15) is 15.9 Å². The number of amides is 1. The molecule has 0 saturated carbocycles. The molecule has 1 N–H and O–H groups in total. The van der Waals surface area contributed by atoms with Crippen molar-refractivity contribution in [1.82, 2.24) is 9.21 Å². The van der Waals surface area contributed by atoms with Crippen molar-refractivity contribution < 1.29 is 17.9 Å². The molecule has 3 aromatic carbocycles. The van der Waals surface area contributed by atoms with Crippen LogP contribution >= 0.6 is 11.6 Å². The molecule has 1 saturated heterocycles. The van der Waals surface area contributed by atoms with Crippen LogP contribution in [0.5, 0.6) is 11.5 Å². The van der Waals surface area contributed by atoms with E-state index in [4.69, 9.17) is 16.3 Å². The molecule has 7 nitrogen and oxygen atoms in total. The van der Waals surface area contributed by atoms with Gasteiger partial charge in [0, 0.05) is 43.3 Å². The first-order chi connectivity index (χ1) is 16.3. The van der Waals surface area contributed by atoms with E-state index in [1.54, 1.807) is 30.3 Å². The monoisotopic (exact) mass is 499 g/mol. The first kappa shape index (κ1) is 24.2. The summed E-state index contributed by atoms with van der Waals surface area (Å²) in [5.41, 5.74) is 2.05. The second-order valence-electron chi connectivity index (χ2n) is 8.14. The summed E-state index contributed by atoms with van der Waals surface area (Å²) in [6.07, 6.45) is 1.24. The molecule has 0 aromatic heterocycles. The molecule has 0 spiro atoms. The molecule has 0 bridgehead atoms. The number of rotatable bonds is 7. The van der Waals surface area contributed by atoms with Gasteiger partial charge in [-0.05, 0) is 48.0 Å². The molecule has 0 aliphatic carbocycles. The number of sulfonamides is 1. The molecule has 178 valence electrons. The second-order valence-corrected chi connectivity index (χ2v) is 10.6. The van der Waals surface area contributed by atoms with E-state index >= 15 is 0 Å². The van der Waals surface area contributed by atoms with Crippen LogP contribution in [0.3, 0.4) is 0 Å². The number of halogens is 1. The van der Waals surface area contributed by atoms with Gasteiger partial charge >= 0.3 is 0 Å². The van der Waals surface area contributed by atoms with E-state index in [0.717, 1.165) is 5.56 Å². The summed E-state index contributed by atoms with van der Waals surface area (Å²) in [5.74, 6) is 0.879. The highest BCUT2D eigenvalue weighted by Crippen LogP contribution is 2.32. The normalized spacial score (nSPS) is 15.1. The molecule has 4 rings (SSSR count). The molecule has 0 unspecified atom stereocenters. The van der Waals surface area contributed by atoms with Gasteiger partial charge in [0.15, 0.2) is 5.75 Å². The Hall–Kier alpha value is -2.91. The third kappa shape index (κ3) is 6.36. The number of anilines is 1. The summed E-state index contributed by atoms with van der Waals surface area (Å²) in [4.78, 5) is 15.1. The lowest BCUT2D eigenvalue weighted by atomic mass is 10.1. The Morgan fingerprint density at radius 1 is 0.971 bits per heavy atom. The summed E-state index contributed by atoms with van der Waals surface area (Å²) in [6.45, 7) is 3.03. The SMILES string of the molecule is CS(=O)(=O)N1CCN(Cc2ccc(C(=O)Nc3cc(Cl)ccc3Oc3ccccc3)cc2)CC1. The predicted molar refractivity (Wildman–Crippen MR) is 134 cm³/mol. The van der Waals surface area contributed by atoms with E-state index in [-0.39, 0.29) is 5.91 Å². The summed E-state index contributed by atoms with van der Waals surface area (Å²) in [5, 5.41) is 3.37. The Morgan fingerprint density at radius 2 is 1.65 bits per heavy atom. The van der Waals surface area contributed by atoms with Crippen LogP contribution < -0.4 is 10.1 Å². The fourth-order valence-electron chi connectivity index (χ4n) is 3.74. The summed E-state index contributed by atoms with van der Waals surface area (Å²) >= 11 is 6.15. The number of carbonyl (C=O) groups is 1. The number of nitrogens with one attached hydrogen (secondary N) is 1. The molecule has 1 heterocycles. The van der Waals surface area contributed by atoms with Crippen molar-refractivity contribution in [2.24, 2.45) is 0 Å². The molecule has 3 aromatic rings. The number of carbonyl (C=O) groups excluding carboxylic acids is 1. The molecule has 1 aliphatic rings. The van der Waals surface area contributed by atoms with Crippen molar-refractivity contribution in [3.8, 4) is 11.5 Å². The highest BCUT2D eigenvalue weighted by Gasteiger charge is 2.23. The fourth-order valence-corrected chi connectivity index (χ4v) is 4.74. The van der Waals surface area contributed by atoms with Gasteiger partial charge < -0.3 is 10.1 Å². The lowest BCUT2D eigenvalue weighted by Crippen LogP contribution is -2.47. The van der Waals surface area contributed by atoms with Gasteiger partial charge in [-0.25, -0.2) is 8.42 Å². The molecular weight excluding hydrogens is 474 g/mol. The van der Waals surface area contributed by atoms with Crippen molar-refractivity contribution in [2.45, 2.75) is 6.54 Å². The van der Waals surface area contributed by atoms with Gasteiger partial charge in [0.25, 0.3) is 5.91 Å². The van der Waals surface area contributed by atoms with E-state index < -0.39 is 10.0 Å². The number of piperazine rings is 1. The summed E-state index contributed by atoms with van der Waals surface area (Å²) in [7, 11) is -3.14. The third-order valence-electron chi connectivity index (χ3n) is 5.58. The highest BCUT2D eigenvalue weighted by molar-refractivity contribution is 7.88. The van der Waals surface area contributed by atoms with Gasteiger partial charge in [-0.1, -0.05) is 41.9 Å². The minimum atomic E-state index is -3.14. The lowest BCUT2D eigenvalue weighted by Gasteiger charge is -2.33. The van der Waals surface area contributed by atoms with Crippen molar-refractivity contribution in [1.29, 1.82) is 0 Å². The van der Waals surface area contributed by atoms with Gasteiger partial charge in [0.2, 0.25) is 10.0 Å². The van der Waals surface area contributed by atoms with Crippen LogP contribution in [0, 0.1) is 0 Å². The molecule has 34 heavy (non-hydrogen) atoms. The first-order valence-electron chi connectivity index (χ1n) is 10.9. The van der Waals surface area contributed by atoms with Crippen LogP contribution in [-0.2, 0) is 16.6 Å². The molecular formula is C25H26ClN3O4S. The lowest BCUT2D eigenvalue weighted by molar-refractivity contribution is 0.102. The quantitative estimate of drug-likeness (QED) is 0.519. The second kappa shape index (κ2) is 10.6. The van der Waals surface area contributed by atoms with Crippen LogP contribution in [-0.4, -0.2) is 56.0 Å². The van der Waals surface area contributed by atoms with Crippen molar-refractivity contribution in [3.63, 3.8) is 0 Å². The average molecular weight is 500 g/mol. The van der Waals surface area contributed by atoms with Gasteiger partial charge in [0.05, 0.1) is 11.9 Å². The fraction of sp³-hybridized carbons (Fsp3) is 0.240.